The maximum absolute atomic E-state index is 12.9. The van der Waals surface area contributed by atoms with Gasteiger partial charge >= 0.3 is 5.69 Å². The van der Waals surface area contributed by atoms with Crippen molar-refractivity contribution in [1.29, 1.82) is 0 Å². The number of imidazole rings is 1. The van der Waals surface area contributed by atoms with E-state index >= 15 is 0 Å². The maximum atomic E-state index is 12.9. The van der Waals surface area contributed by atoms with E-state index in [1.54, 1.807) is 7.05 Å². The Morgan fingerprint density at radius 1 is 1.07 bits per heavy atom. The molecule has 0 radical (unpaired) electrons. The molecular formula is C18H22ClN6O2+. The Morgan fingerprint density at radius 2 is 1.74 bits per heavy atom. The molecule has 0 aliphatic carbocycles. The molecule has 0 atom stereocenters. The molecule has 0 unspecified atom stereocenters. The summed E-state index contributed by atoms with van der Waals surface area (Å²) >= 11 is 6.00. The summed E-state index contributed by atoms with van der Waals surface area (Å²) in [4.78, 5) is 32.1. The van der Waals surface area contributed by atoms with Crippen LogP contribution in [0.1, 0.15) is 5.56 Å². The van der Waals surface area contributed by atoms with Gasteiger partial charge in [-0.05, 0) is 17.7 Å². The van der Waals surface area contributed by atoms with Crippen molar-refractivity contribution in [3.63, 3.8) is 0 Å². The van der Waals surface area contributed by atoms with Crippen molar-refractivity contribution in [2.24, 2.45) is 14.1 Å². The van der Waals surface area contributed by atoms with Gasteiger partial charge in [0.1, 0.15) is 0 Å². The van der Waals surface area contributed by atoms with E-state index < -0.39 is 0 Å². The number of aromatic nitrogens is 4. The monoisotopic (exact) mass is 389 g/mol. The molecule has 1 aromatic carbocycles. The number of nitrogens with zero attached hydrogens (tertiary/aromatic N) is 5. The number of aryl methyl sites for hydroxylation is 1. The van der Waals surface area contributed by atoms with E-state index in [2.05, 4.69) is 10.2 Å². The molecule has 0 saturated carbocycles. The van der Waals surface area contributed by atoms with E-state index in [0.717, 1.165) is 42.3 Å². The molecule has 9 heteroatoms. The summed E-state index contributed by atoms with van der Waals surface area (Å²) < 4.78 is 4.50. The van der Waals surface area contributed by atoms with E-state index in [-0.39, 0.29) is 11.2 Å². The first-order chi connectivity index (χ1) is 13.0. The first kappa shape index (κ1) is 17.8. The van der Waals surface area contributed by atoms with Crippen LogP contribution < -0.4 is 21.5 Å². The van der Waals surface area contributed by atoms with Crippen molar-refractivity contribution >= 4 is 28.7 Å². The number of halogens is 1. The normalized spacial score (nSPS) is 14.9. The van der Waals surface area contributed by atoms with Crippen molar-refractivity contribution in [2.45, 2.75) is 6.54 Å². The van der Waals surface area contributed by atoms with Crippen LogP contribution in [-0.2, 0) is 20.6 Å². The van der Waals surface area contributed by atoms with Gasteiger partial charge in [-0.2, -0.15) is 4.98 Å². The highest BCUT2D eigenvalue weighted by Crippen LogP contribution is 2.22. The smallest absolute Gasteiger partial charge is 0.332 e. The molecule has 1 saturated heterocycles. The fraction of sp³-hybridized carbons (Fsp3) is 0.389. The second-order valence-electron chi connectivity index (χ2n) is 6.86. The van der Waals surface area contributed by atoms with Gasteiger partial charge in [0.2, 0.25) is 5.95 Å². The highest BCUT2D eigenvalue weighted by Gasteiger charge is 2.24. The standard InChI is InChI=1S/C18H21ClN6O2/c1-22-15-14(16(26)23(2)18(22)27)25(11-12-3-5-13(19)6-4-12)17(21-15)24-9-7-20-8-10-24/h3-6,20H,7-11H2,1-2H3/p+1. The molecule has 4 rings (SSSR count). The number of rotatable bonds is 3. The predicted octanol–water partition coefficient (Wildman–Crippen LogP) is -0.481. The molecular weight excluding hydrogens is 368 g/mol. The summed E-state index contributed by atoms with van der Waals surface area (Å²) in [5.74, 6) is 0.728. The van der Waals surface area contributed by atoms with Crippen LogP contribution >= 0.6 is 11.6 Å². The molecule has 3 aromatic rings. The largest absolute Gasteiger partial charge is 0.343 e. The lowest BCUT2D eigenvalue weighted by molar-refractivity contribution is -0.655. The number of nitrogens with two attached hydrogens (primary N) is 1. The summed E-state index contributed by atoms with van der Waals surface area (Å²) in [6.07, 6.45) is 0. The van der Waals surface area contributed by atoms with Gasteiger partial charge in [0.05, 0.1) is 32.7 Å². The van der Waals surface area contributed by atoms with Gasteiger partial charge in [-0.1, -0.05) is 23.7 Å². The highest BCUT2D eigenvalue weighted by molar-refractivity contribution is 6.30. The predicted molar refractivity (Wildman–Crippen MR) is 105 cm³/mol. The van der Waals surface area contributed by atoms with Crippen molar-refractivity contribution < 1.29 is 5.32 Å². The lowest BCUT2D eigenvalue weighted by Crippen LogP contribution is -2.89. The first-order valence-corrected chi connectivity index (χ1v) is 9.32. The van der Waals surface area contributed by atoms with Crippen LogP contribution in [0.15, 0.2) is 33.9 Å². The third kappa shape index (κ3) is 3.04. The highest BCUT2D eigenvalue weighted by atomic mass is 35.5. The molecule has 27 heavy (non-hydrogen) atoms. The summed E-state index contributed by atoms with van der Waals surface area (Å²) in [5.41, 5.74) is 1.17. The topological polar surface area (TPSA) is 81.7 Å². The number of piperazine rings is 1. The summed E-state index contributed by atoms with van der Waals surface area (Å²) in [6, 6.07) is 7.54. The first-order valence-electron chi connectivity index (χ1n) is 8.94. The van der Waals surface area contributed by atoms with Crippen molar-refractivity contribution in [2.75, 3.05) is 31.1 Å². The Labute approximate surface area is 160 Å². The minimum Gasteiger partial charge on any atom is -0.343 e. The quantitative estimate of drug-likeness (QED) is 0.656. The average molecular weight is 390 g/mol. The average Bonchev–Trinajstić information content (AvgIpc) is 3.06. The second kappa shape index (κ2) is 6.86. The third-order valence-corrected chi connectivity index (χ3v) is 5.32. The zero-order chi connectivity index (χ0) is 19.1. The molecule has 1 fully saturated rings. The zero-order valence-electron chi connectivity index (χ0n) is 15.4. The van der Waals surface area contributed by atoms with Crippen LogP contribution in [0.2, 0.25) is 5.02 Å². The van der Waals surface area contributed by atoms with Crippen molar-refractivity contribution in [1.82, 2.24) is 18.7 Å². The fourth-order valence-corrected chi connectivity index (χ4v) is 3.67. The molecule has 142 valence electrons. The van der Waals surface area contributed by atoms with Crippen molar-refractivity contribution in [3.05, 3.63) is 55.7 Å². The minimum atomic E-state index is -0.373. The van der Waals surface area contributed by atoms with Gasteiger partial charge < -0.3 is 10.2 Å². The van der Waals surface area contributed by atoms with Crippen LogP contribution in [0.3, 0.4) is 0 Å². The zero-order valence-corrected chi connectivity index (χ0v) is 16.1. The van der Waals surface area contributed by atoms with Gasteiger partial charge in [0.15, 0.2) is 11.2 Å². The summed E-state index contributed by atoms with van der Waals surface area (Å²) in [6.45, 7) is 4.12. The number of hydrogen-bond donors (Lipinski definition) is 1. The summed E-state index contributed by atoms with van der Waals surface area (Å²) in [5, 5.41) is 2.93. The Balaban J connectivity index is 1.95. The molecule has 0 amide bonds. The van der Waals surface area contributed by atoms with E-state index in [1.165, 1.54) is 11.6 Å². The van der Waals surface area contributed by atoms with Crippen molar-refractivity contribution in [3.8, 4) is 0 Å². The number of fused-ring (bicyclic) bond motifs is 1. The molecule has 3 heterocycles. The van der Waals surface area contributed by atoms with Crippen LogP contribution in [0.5, 0.6) is 0 Å². The minimum absolute atomic E-state index is 0.329. The molecule has 1 aliphatic heterocycles. The van der Waals surface area contributed by atoms with Crippen LogP contribution in [0.4, 0.5) is 5.95 Å². The Morgan fingerprint density at radius 3 is 2.41 bits per heavy atom. The van der Waals surface area contributed by atoms with Gasteiger partial charge in [-0.25, -0.2) is 4.79 Å². The number of quaternary nitrogens is 1. The van der Waals surface area contributed by atoms with Crippen LogP contribution in [-0.4, -0.2) is 44.9 Å². The molecule has 2 aromatic heterocycles. The van der Waals surface area contributed by atoms with E-state index in [4.69, 9.17) is 16.6 Å². The lowest BCUT2D eigenvalue weighted by atomic mass is 10.2. The Kier molecular flexibility index (Phi) is 4.53. The number of anilines is 1. The maximum Gasteiger partial charge on any atom is 0.332 e. The molecule has 2 N–H and O–H groups in total. The van der Waals surface area contributed by atoms with Gasteiger partial charge in [-0.15, -0.1) is 0 Å². The SMILES string of the molecule is Cn1c(=O)c2c(nc(N3CC[NH2+]CC3)n2Cc2ccc(Cl)cc2)n(C)c1=O. The van der Waals surface area contributed by atoms with E-state index in [1.807, 2.05) is 28.8 Å². The van der Waals surface area contributed by atoms with Crippen LogP contribution in [0, 0.1) is 0 Å². The van der Waals surface area contributed by atoms with E-state index in [0.29, 0.717) is 22.7 Å². The van der Waals surface area contributed by atoms with Gasteiger partial charge in [-0.3, -0.25) is 18.5 Å². The molecule has 1 aliphatic rings. The Bertz CT molecular complexity index is 1110. The molecule has 8 nitrogen and oxygen atoms in total. The van der Waals surface area contributed by atoms with Gasteiger partial charge in [0.25, 0.3) is 5.56 Å². The summed E-state index contributed by atoms with van der Waals surface area (Å²) in [7, 11) is 3.15. The molecule has 0 spiro atoms. The molecule has 0 bridgehead atoms. The van der Waals surface area contributed by atoms with Gasteiger partial charge in [0, 0.05) is 19.1 Å². The van der Waals surface area contributed by atoms with Crippen LogP contribution in [0.25, 0.3) is 11.2 Å². The number of benzene rings is 1. The van der Waals surface area contributed by atoms with E-state index in [9.17, 15) is 9.59 Å². The Hall–Kier alpha value is -2.58. The second-order valence-corrected chi connectivity index (χ2v) is 7.29. The lowest BCUT2D eigenvalue weighted by Gasteiger charge is -2.26. The number of hydrogen-bond acceptors (Lipinski definition) is 4. The third-order valence-electron chi connectivity index (χ3n) is 5.07. The fourth-order valence-electron chi connectivity index (χ4n) is 3.55.